The Morgan fingerprint density at radius 3 is 2.47 bits per heavy atom. The van der Waals surface area contributed by atoms with Crippen LogP contribution in [0.3, 0.4) is 0 Å². The number of aryl methyl sites for hydroxylation is 1. The third kappa shape index (κ3) is 10.4. The minimum Gasteiger partial charge on any atom is -0.481 e. The van der Waals surface area contributed by atoms with Crippen molar-refractivity contribution < 1.29 is 9.90 Å². The number of benzene rings is 1. The van der Waals surface area contributed by atoms with Gasteiger partial charge in [0.05, 0.1) is 5.41 Å². The maximum Gasteiger partial charge on any atom is 0.310 e. The number of rotatable bonds is 14. The first-order valence-corrected chi connectivity index (χ1v) is 11.5. The Morgan fingerprint density at radius 1 is 1.20 bits per heavy atom. The molecule has 3 nitrogen and oxygen atoms in total. The molecule has 0 aliphatic carbocycles. The summed E-state index contributed by atoms with van der Waals surface area (Å²) in [6, 6.07) is 8.80. The summed E-state index contributed by atoms with van der Waals surface area (Å²) in [6.45, 7) is 11.2. The van der Waals surface area contributed by atoms with Gasteiger partial charge in [-0.25, -0.2) is 0 Å². The molecule has 2 N–H and O–H groups in total. The molecular weight excluding hydrogens is 394 g/mol. The van der Waals surface area contributed by atoms with E-state index in [9.17, 15) is 9.90 Å². The fourth-order valence-electron chi connectivity index (χ4n) is 3.44. The van der Waals surface area contributed by atoms with E-state index in [0.29, 0.717) is 12.5 Å². The van der Waals surface area contributed by atoms with Gasteiger partial charge in [-0.3, -0.25) is 4.79 Å². The second kappa shape index (κ2) is 13.7. The van der Waals surface area contributed by atoms with E-state index >= 15 is 0 Å². The Hall–Kier alpha value is -1.58. The normalized spacial score (nSPS) is 14.1. The summed E-state index contributed by atoms with van der Waals surface area (Å²) in [6.07, 6.45) is 10.7. The van der Waals surface area contributed by atoms with Crippen molar-refractivity contribution in [2.24, 2.45) is 11.3 Å². The van der Waals surface area contributed by atoms with Crippen LogP contribution in [0.25, 0.3) is 0 Å². The predicted molar refractivity (Wildman–Crippen MR) is 129 cm³/mol. The molecule has 1 atom stereocenters. The summed E-state index contributed by atoms with van der Waals surface area (Å²) in [5.41, 5.74) is 3.54. The number of nitrogens with one attached hydrogen (secondary N) is 1. The van der Waals surface area contributed by atoms with Gasteiger partial charge < -0.3 is 10.4 Å². The predicted octanol–water partition coefficient (Wildman–Crippen LogP) is 6.76. The van der Waals surface area contributed by atoms with E-state index in [-0.39, 0.29) is 0 Å². The van der Waals surface area contributed by atoms with Crippen molar-refractivity contribution in [2.75, 3.05) is 13.1 Å². The molecule has 0 saturated heterocycles. The zero-order valence-electron chi connectivity index (χ0n) is 19.4. The highest BCUT2D eigenvalue weighted by Gasteiger charge is 2.26. The third-order valence-electron chi connectivity index (χ3n) is 5.69. The lowest BCUT2D eigenvalue weighted by molar-refractivity contribution is -0.146. The smallest absolute Gasteiger partial charge is 0.310 e. The molecule has 0 amide bonds. The van der Waals surface area contributed by atoms with Gasteiger partial charge >= 0.3 is 5.97 Å². The highest BCUT2D eigenvalue weighted by molar-refractivity contribution is 6.29. The molecule has 0 bridgehead atoms. The third-order valence-corrected chi connectivity index (χ3v) is 5.82. The molecule has 0 radical (unpaired) electrons. The van der Waals surface area contributed by atoms with Gasteiger partial charge in [-0.05, 0) is 89.5 Å². The van der Waals surface area contributed by atoms with Crippen LogP contribution >= 0.6 is 11.6 Å². The molecule has 0 heterocycles. The molecular formula is C26H40ClNO2. The van der Waals surface area contributed by atoms with Crippen molar-refractivity contribution in [1.82, 2.24) is 5.32 Å². The van der Waals surface area contributed by atoms with Crippen LogP contribution < -0.4 is 5.32 Å². The molecule has 1 rings (SSSR count). The summed E-state index contributed by atoms with van der Waals surface area (Å²) in [4.78, 5) is 11.2. The molecule has 30 heavy (non-hydrogen) atoms. The molecule has 0 fully saturated rings. The van der Waals surface area contributed by atoms with Crippen LogP contribution in [0.5, 0.6) is 0 Å². The average Bonchev–Trinajstić information content (AvgIpc) is 2.69. The fourth-order valence-corrected chi connectivity index (χ4v) is 3.51. The molecule has 1 unspecified atom stereocenters. The number of aliphatic carboxylic acids is 1. The first kappa shape index (κ1) is 26.5. The lowest BCUT2D eigenvalue weighted by Gasteiger charge is -2.21. The van der Waals surface area contributed by atoms with E-state index in [1.54, 1.807) is 13.8 Å². The number of hydrogen-bond donors (Lipinski definition) is 2. The molecule has 1 aromatic rings. The Morgan fingerprint density at radius 2 is 1.87 bits per heavy atom. The van der Waals surface area contributed by atoms with Gasteiger partial charge in [-0.2, -0.15) is 0 Å². The van der Waals surface area contributed by atoms with Crippen molar-refractivity contribution in [3.05, 3.63) is 58.1 Å². The lowest BCUT2D eigenvalue weighted by Crippen LogP contribution is -2.36. The van der Waals surface area contributed by atoms with Crippen LogP contribution in [0.2, 0.25) is 0 Å². The van der Waals surface area contributed by atoms with Gasteiger partial charge in [-0.15, -0.1) is 0 Å². The highest BCUT2D eigenvalue weighted by Crippen LogP contribution is 2.21. The summed E-state index contributed by atoms with van der Waals surface area (Å²) in [7, 11) is 0. The molecule has 0 aliphatic rings. The van der Waals surface area contributed by atoms with Crippen LogP contribution in [0.15, 0.2) is 47.0 Å². The molecule has 0 saturated carbocycles. The summed E-state index contributed by atoms with van der Waals surface area (Å²) in [5, 5.41) is 13.4. The lowest BCUT2D eigenvalue weighted by atomic mass is 9.89. The Bertz CT molecular complexity index is 717. The van der Waals surface area contributed by atoms with Crippen molar-refractivity contribution in [3.63, 3.8) is 0 Å². The van der Waals surface area contributed by atoms with Crippen LogP contribution in [0.4, 0.5) is 0 Å². The van der Waals surface area contributed by atoms with Gasteiger partial charge in [0.1, 0.15) is 0 Å². The molecule has 4 heteroatoms. The van der Waals surface area contributed by atoms with Gasteiger partial charge in [-0.1, -0.05) is 60.9 Å². The summed E-state index contributed by atoms with van der Waals surface area (Å²) in [5.74, 6) is -0.153. The van der Waals surface area contributed by atoms with Crippen LogP contribution in [-0.4, -0.2) is 24.2 Å². The Kier molecular flexibility index (Phi) is 12.1. The quantitative estimate of drug-likeness (QED) is 0.252. The van der Waals surface area contributed by atoms with E-state index < -0.39 is 11.4 Å². The monoisotopic (exact) mass is 433 g/mol. The van der Waals surface area contributed by atoms with E-state index in [1.165, 1.54) is 16.7 Å². The fraction of sp³-hybridized carbons (Fsp3) is 0.577. The minimum atomic E-state index is -0.755. The summed E-state index contributed by atoms with van der Waals surface area (Å²) < 4.78 is 0. The number of allylic oxidation sites excluding steroid dienone is 4. The van der Waals surface area contributed by atoms with Crippen molar-refractivity contribution in [2.45, 2.75) is 73.1 Å². The number of carbonyl (C=O) groups is 1. The Labute approximate surface area is 188 Å². The number of hydrogen-bond acceptors (Lipinski definition) is 2. The topological polar surface area (TPSA) is 49.3 Å². The number of carboxylic acid groups (broad SMARTS) is 1. The number of halogens is 1. The molecule has 168 valence electrons. The van der Waals surface area contributed by atoms with Crippen molar-refractivity contribution in [1.29, 1.82) is 0 Å². The largest absolute Gasteiger partial charge is 0.481 e. The zero-order valence-corrected chi connectivity index (χ0v) is 20.2. The van der Waals surface area contributed by atoms with Gasteiger partial charge in [0.15, 0.2) is 0 Å². The first-order chi connectivity index (χ1) is 14.2. The minimum absolute atomic E-state index is 0.501. The van der Waals surface area contributed by atoms with Crippen LogP contribution in [0.1, 0.15) is 71.4 Å². The molecule has 0 aliphatic heterocycles. The average molecular weight is 434 g/mol. The maximum absolute atomic E-state index is 11.2. The van der Waals surface area contributed by atoms with Crippen LogP contribution in [0, 0.1) is 11.3 Å². The first-order valence-electron chi connectivity index (χ1n) is 11.2. The van der Waals surface area contributed by atoms with E-state index in [0.717, 1.165) is 50.1 Å². The number of carboxylic acids is 1. The zero-order chi connectivity index (χ0) is 22.6. The van der Waals surface area contributed by atoms with Gasteiger partial charge in [0.2, 0.25) is 0 Å². The molecule has 0 aromatic heterocycles. The van der Waals surface area contributed by atoms with E-state index in [1.807, 2.05) is 13.0 Å². The maximum atomic E-state index is 11.2. The standard InChI is InChI=1S/C26H40ClNO2/c1-6-22(16-17-28-19-26(4,5)25(29)30)18-24-12-8-7-11-23(24)13-9-10-20(2)14-15-21(3)27/h7-8,11-12,14-15,22,28H,6,9-10,13,16-19H2,1-5H3,(H,29,30)/b20-14-,21-15+. The van der Waals surface area contributed by atoms with Gasteiger partial charge in [0.25, 0.3) is 0 Å². The van der Waals surface area contributed by atoms with Gasteiger partial charge in [0, 0.05) is 11.6 Å². The second-order valence-electron chi connectivity index (χ2n) is 9.02. The SMILES string of the molecule is CCC(CCNCC(C)(C)C(=O)O)Cc1ccccc1CCC/C(C)=C\C=C(/C)Cl. The Balaban J connectivity index is 2.56. The summed E-state index contributed by atoms with van der Waals surface area (Å²) >= 11 is 5.90. The molecule has 0 spiro atoms. The van der Waals surface area contributed by atoms with E-state index in [2.05, 4.69) is 49.5 Å². The van der Waals surface area contributed by atoms with E-state index in [4.69, 9.17) is 11.6 Å². The van der Waals surface area contributed by atoms with Crippen molar-refractivity contribution >= 4 is 17.6 Å². The second-order valence-corrected chi connectivity index (χ2v) is 9.62. The van der Waals surface area contributed by atoms with Crippen molar-refractivity contribution in [3.8, 4) is 0 Å². The molecule has 1 aromatic carbocycles. The van der Waals surface area contributed by atoms with Crippen LogP contribution in [-0.2, 0) is 17.6 Å². The highest BCUT2D eigenvalue weighted by atomic mass is 35.5.